The van der Waals surface area contributed by atoms with Gasteiger partial charge in [-0.15, -0.1) is 0 Å². The second kappa shape index (κ2) is 10.6. The van der Waals surface area contributed by atoms with Crippen LogP contribution >= 0.6 is 11.6 Å². The Morgan fingerprint density at radius 3 is 2.57 bits per heavy atom. The molecule has 0 atom stereocenters. The van der Waals surface area contributed by atoms with E-state index in [0.29, 0.717) is 11.0 Å². The number of pyridine rings is 1. The summed E-state index contributed by atoms with van der Waals surface area (Å²) in [6.45, 7) is 2.58. The van der Waals surface area contributed by atoms with Crippen molar-refractivity contribution >= 4 is 40.0 Å². The zero-order valence-corrected chi connectivity index (χ0v) is 16.4. The van der Waals surface area contributed by atoms with Gasteiger partial charge in [0.15, 0.2) is 0 Å². The average molecular weight is 401 g/mol. The number of hydrogen-bond acceptors (Lipinski definition) is 7. The van der Waals surface area contributed by atoms with Crippen molar-refractivity contribution in [3.8, 4) is 0 Å². The quantitative estimate of drug-likeness (QED) is 0.364. The molecule has 0 amide bonds. The van der Waals surface area contributed by atoms with Crippen molar-refractivity contribution in [2.45, 2.75) is 19.3 Å². The Morgan fingerprint density at radius 1 is 0.857 bits per heavy atom. The van der Waals surface area contributed by atoms with Gasteiger partial charge in [-0.1, -0.05) is 11.6 Å². The summed E-state index contributed by atoms with van der Waals surface area (Å²) in [5.74, 6) is 1.40. The second-order valence-corrected chi connectivity index (χ2v) is 6.79. The van der Waals surface area contributed by atoms with E-state index in [0.717, 1.165) is 61.3 Å². The van der Waals surface area contributed by atoms with Gasteiger partial charge in [0, 0.05) is 54.7 Å². The Balaban J connectivity index is 1.43. The number of aromatic nitrogens is 3. The molecule has 2 heterocycles. The predicted molar refractivity (Wildman–Crippen MR) is 115 cm³/mol. The number of fused-ring (bicyclic) bond motifs is 1. The van der Waals surface area contributed by atoms with E-state index in [1.165, 1.54) is 0 Å². The van der Waals surface area contributed by atoms with Crippen molar-refractivity contribution in [1.29, 1.82) is 0 Å². The number of hydrogen-bond donors (Lipinski definition) is 4. The van der Waals surface area contributed by atoms with Crippen molar-refractivity contribution < 1.29 is 5.11 Å². The number of rotatable bonds is 11. The number of anilines is 3. The van der Waals surface area contributed by atoms with Crippen LogP contribution in [0.3, 0.4) is 0 Å². The molecule has 28 heavy (non-hydrogen) atoms. The molecule has 0 fully saturated rings. The van der Waals surface area contributed by atoms with Crippen LogP contribution in [0.15, 0.2) is 42.7 Å². The van der Waals surface area contributed by atoms with Crippen LogP contribution in [-0.4, -0.2) is 46.3 Å². The normalized spacial score (nSPS) is 10.8. The summed E-state index contributed by atoms with van der Waals surface area (Å²) in [4.78, 5) is 13.0. The van der Waals surface area contributed by atoms with E-state index in [9.17, 15) is 0 Å². The number of nitrogens with one attached hydrogen (secondary N) is 3. The molecule has 7 nitrogen and oxygen atoms in total. The molecule has 4 N–H and O–H groups in total. The highest BCUT2D eigenvalue weighted by Gasteiger charge is 2.03. The molecular formula is C20H25ClN6O. The van der Waals surface area contributed by atoms with Crippen molar-refractivity contribution in [2.75, 3.05) is 42.2 Å². The molecule has 2 aromatic heterocycles. The summed E-state index contributed by atoms with van der Waals surface area (Å²) in [6, 6.07) is 9.56. The maximum atomic E-state index is 8.80. The molecule has 0 saturated carbocycles. The van der Waals surface area contributed by atoms with Crippen LogP contribution in [0, 0.1) is 0 Å². The highest BCUT2D eigenvalue weighted by Crippen LogP contribution is 2.24. The summed E-state index contributed by atoms with van der Waals surface area (Å²) in [5, 5.41) is 20.5. The number of benzene rings is 1. The lowest BCUT2D eigenvalue weighted by molar-refractivity contribution is 0.286. The second-order valence-electron chi connectivity index (χ2n) is 6.35. The summed E-state index contributed by atoms with van der Waals surface area (Å²) >= 11 is 6.03. The summed E-state index contributed by atoms with van der Waals surface area (Å²) in [6.07, 6.45) is 6.11. The molecule has 1 aromatic carbocycles. The SMILES string of the molecule is OCCCCNc1nccc(NCCCNc2ccnc3cc(Cl)ccc23)n1. The van der Waals surface area contributed by atoms with Crippen molar-refractivity contribution in [3.05, 3.63) is 47.7 Å². The Kier molecular flexibility index (Phi) is 7.63. The van der Waals surface area contributed by atoms with Crippen LogP contribution in [-0.2, 0) is 0 Å². The molecule has 0 spiro atoms. The Hall–Kier alpha value is -2.64. The van der Waals surface area contributed by atoms with Gasteiger partial charge in [-0.2, -0.15) is 4.98 Å². The van der Waals surface area contributed by atoms with Gasteiger partial charge in [0.05, 0.1) is 5.52 Å². The third-order valence-corrected chi connectivity index (χ3v) is 4.44. The third-order valence-electron chi connectivity index (χ3n) is 4.20. The van der Waals surface area contributed by atoms with Crippen LogP contribution in [0.5, 0.6) is 0 Å². The van der Waals surface area contributed by atoms with Crippen molar-refractivity contribution in [2.24, 2.45) is 0 Å². The lowest BCUT2D eigenvalue weighted by atomic mass is 10.2. The molecule has 0 aliphatic heterocycles. The van der Waals surface area contributed by atoms with Gasteiger partial charge >= 0.3 is 0 Å². The molecule has 0 aliphatic rings. The molecule has 148 valence electrons. The lowest BCUT2D eigenvalue weighted by Crippen LogP contribution is -2.11. The maximum Gasteiger partial charge on any atom is 0.224 e. The van der Waals surface area contributed by atoms with Crippen molar-refractivity contribution in [3.63, 3.8) is 0 Å². The Bertz CT molecular complexity index is 891. The summed E-state index contributed by atoms with van der Waals surface area (Å²) in [5.41, 5.74) is 1.94. The van der Waals surface area contributed by atoms with Crippen LogP contribution in [0.4, 0.5) is 17.5 Å². The zero-order valence-electron chi connectivity index (χ0n) is 15.7. The predicted octanol–water partition coefficient (Wildman–Crippen LogP) is 3.78. The fourth-order valence-electron chi connectivity index (χ4n) is 2.78. The van der Waals surface area contributed by atoms with E-state index in [1.54, 1.807) is 12.4 Å². The highest BCUT2D eigenvalue weighted by molar-refractivity contribution is 6.31. The summed E-state index contributed by atoms with van der Waals surface area (Å²) in [7, 11) is 0. The molecule has 3 rings (SSSR count). The number of halogens is 1. The number of unbranched alkanes of at least 4 members (excludes halogenated alkanes) is 1. The van der Waals surface area contributed by atoms with Gasteiger partial charge in [-0.05, 0) is 49.6 Å². The first-order valence-corrected chi connectivity index (χ1v) is 9.84. The van der Waals surface area contributed by atoms with Gasteiger partial charge in [0.1, 0.15) is 5.82 Å². The van der Waals surface area contributed by atoms with Crippen LogP contribution in [0.2, 0.25) is 5.02 Å². The van der Waals surface area contributed by atoms with E-state index in [4.69, 9.17) is 16.7 Å². The first-order chi connectivity index (χ1) is 13.8. The summed E-state index contributed by atoms with van der Waals surface area (Å²) < 4.78 is 0. The monoisotopic (exact) mass is 400 g/mol. The van der Waals surface area contributed by atoms with Crippen LogP contribution in [0.25, 0.3) is 10.9 Å². The van der Waals surface area contributed by atoms with Crippen LogP contribution < -0.4 is 16.0 Å². The molecular weight excluding hydrogens is 376 g/mol. The Labute approximate surface area is 169 Å². The molecule has 0 unspecified atom stereocenters. The van der Waals surface area contributed by atoms with Gasteiger partial charge in [0.25, 0.3) is 0 Å². The minimum atomic E-state index is 0.210. The molecule has 3 aromatic rings. The molecule has 0 saturated heterocycles. The van der Waals surface area contributed by atoms with Crippen LogP contribution in [0.1, 0.15) is 19.3 Å². The molecule has 0 aliphatic carbocycles. The first kappa shape index (κ1) is 20.1. The lowest BCUT2D eigenvalue weighted by Gasteiger charge is -2.11. The molecule has 0 bridgehead atoms. The van der Waals surface area contributed by atoms with E-state index in [1.807, 2.05) is 30.3 Å². The topological polar surface area (TPSA) is 95.0 Å². The van der Waals surface area contributed by atoms with Gasteiger partial charge in [-0.3, -0.25) is 4.98 Å². The average Bonchev–Trinajstić information content (AvgIpc) is 2.71. The zero-order chi connectivity index (χ0) is 19.6. The fraction of sp³-hybridized carbons (Fsp3) is 0.350. The maximum absolute atomic E-state index is 8.80. The Morgan fingerprint density at radius 2 is 1.68 bits per heavy atom. The smallest absolute Gasteiger partial charge is 0.224 e. The first-order valence-electron chi connectivity index (χ1n) is 9.46. The van der Waals surface area contributed by atoms with Crippen molar-refractivity contribution in [1.82, 2.24) is 15.0 Å². The van der Waals surface area contributed by atoms with Gasteiger partial charge in [-0.25, -0.2) is 4.98 Å². The molecule has 8 heteroatoms. The van der Waals surface area contributed by atoms with Gasteiger partial charge in [0.2, 0.25) is 5.95 Å². The van der Waals surface area contributed by atoms with E-state index >= 15 is 0 Å². The largest absolute Gasteiger partial charge is 0.396 e. The highest BCUT2D eigenvalue weighted by atomic mass is 35.5. The third kappa shape index (κ3) is 5.94. The number of aliphatic hydroxyl groups excluding tert-OH is 1. The standard InChI is InChI=1S/C20H25ClN6O/c21-15-4-5-16-17(6-11-23-18(16)14-15)22-9-3-10-24-19-7-12-26-20(27-19)25-8-1-2-13-28/h4-7,11-12,14,28H,1-3,8-10,13H2,(H,22,23)(H2,24,25,26,27). The van der Waals surface area contributed by atoms with Gasteiger partial charge < -0.3 is 21.1 Å². The minimum absolute atomic E-state index is 0.210. The number of nitrogens with zero attached hydrogens (tertiary/aromatic N) is 3. The van der Waals surface area contributed by atoms with E-state index in [2.05, 4.69) is 30.9 Å². The number of aliphatic hydroxyl groups is 1. The molecule has 0 radical (unpaired) electrons. The minimum Gasteiger partial charge on any atom is -0.396 e. The van der Waals surface area contributed by atoms with E-state index < -0.39 is 0 Å². The van der Waals surface area contributed by atoms with E-state index in [-0.39, 0.29) is 6.61 Å². The fourth-order valence-corrected chi connectivity index (χ4v) is 2.95.